The molecule has 10 heteroatoms. The average Bonchev–Trinajstić information content (AvgIpc) is 3.22. The van der Waals surface area contributed by atoms with Gasteiger partial charge >= 0.3 is 0 Å². The summed E-state index contributed by atoms with van der Waals surface area (Å²) < 4.78 is 0. The number of aromatic nitrogens is 5. The van der Waals surface area contributed by atoms with Crippen LogP contribution in [-0.4, -0.2) is 58.8 Å². The van der Waals surface area contributed by atoms with Gasteiger partial charge in [0.15, 0.2) is 0 Å². The molecular weight excluding hydrogens is 410 g/mol. The predicted molar refractivity (Wildman–Crippen MR) is 121 cm³/mol. The minimum atomic E-state index is -0.250. The molecule has 0 saturated carbocycles. The molecule has 1 aliphatic rings. The van der Waals surface area contributed by atoms with Crippen LogP contribution in [0.25, 0.3) is 16.9 Å². The molecule has 3 heterocycles. The van der Waals surface area contributed by atoms with Crippen molar-refractivity contribution in [3.63, 3.8) is 0 Å². The molecule has 32 heavy (non-hydrogen) atoms. The van der Waals surface area contributed by atoms with E-state index in [1.165, 1.54) is 4.80 Å². The van der Waals surface area contributed by atoms with Crippen LogP contribution in [0.1, 0.15) is 40.5 Å². The van der Waals surface area contributed by atoms with Gasteiger partial charge in [-0.25, -0.2) is 4.98 Å². The fourth-order valence-electron chi connectivity index (χ4n) is 4.39. The highest BCUT2D eigenvalue weighted by atomic mass is 16.3. The topological polar surface area (TPSA) is 138 Å². The number of rotatable bonds is 4. The summed E-state index contributed by atoms with van der Waals surface area (Å²) in [6.45, 7) is 8.65. The molecule has 3 aromatic rings. The largest absolute Gasteiger partial charge is 0.507 e. The summed E-state index contributed by atoms with van der Waals surface area (Å²) >= 11 is 0. The Morgan fingerprint density at radius 2 is 1.72 bits per heavy atom. The van der Waals surface area contributed by atoms with Crippen molar-refractivity contribution in [1.29, 1.82) is 0 Å². The van der Waals surface area contributed by atoms with Gasteiger partial charge < -0.3 is 20.8 Å². The number of nitrogens with one attached hydrogen (secondary N) is 2. The van der Waals surface area contributed by atoms with Crippen LogP contribution < -0.4 is 10.6 Å². The van der Waals surface area contributed by atoms with Crippen LogP contribution in [0.3, 0.4) is 0 Å². The summed E-state index contributed by atoms with van der Waals surface area (Å²) in [5.41, 5.74) is 2.02. The van der Waals surface area contributed by atoms with E-state index in [9.17, 15) is 5.11 Å². The molecule has 0 spiro atoms. The normalized spacial score (nSPS) is 17.1. The predicted octanol–water partition coefficient (Wildman–Crippen LogP) is 2.85. The van der Waals surface area contributed by atoms with Gasteiger partial charge in [0.05, 0.1) is 36.2 Å². The summed E-state index contributed by atoms with van der Waals surface area (Å²) in [5.74, 6) is 0.848. The van der Waals surface area contributed by atoms with Gasteiger partial charge in [-0.3, -0.25) is 9.78 Å². The molecule has 170 valence electrons. The third kappa shape index (κ3) is 5.79. The lowest BCUT2D eigenvalue weighted by Crippen LogP contribution is -2.60. The third-order valence-electron chi connectivity index (χ3n) is 5.10. The smallest absolute Gasteiger partial charge is 0.290 e. The summed E-state index contributed by atoms with van der Waals surface area (Å²) in [5, 5.41) is 32.7. The second-order valence-electron chi connectivity index (χ2n) is 9.05. The maximum absolute atomic E-state index is 10.4. The van der Waals surface area contributed by atoms with Gasteiger partial charge in [-0.15, -0.1) is 0 Å². The Morgan fingerprint density at radius 3 is 2.25 bits per heavy atom. The van der Waals surface area contributed by atoms with Crippen molar-refractivity contribution in [2.24, 2.45) is 0 Å². The van der Waals surface area contributed by atoms with Crippen LogP contribution in [-0.2, 0) is 4.79 Å². The number of phenolic OH excluding ortho intramolecular Hbond substituents is 1. The van der Waals surface area contributed by atoms with Gasteiger partial charge in [0.2, 0.25) is 0 Å². The van der Waals surface area contributed by atoms with Gasteiger partial charge in [0.25, 0.3) is 6.47 Å². The standard InChI is InChI=1S/C21H27N7O.CH2O2/c1-20(2)10-14(11-21(3,4)27-20)26-19-13-22-17(12-23-19)16-6-5-15(9-18(16)29)28-24-7-8-25-28;2-1-3/h5-9,12-14,27,29H,10-11H2,1-4H3,(H,23,26);1H,(H,2,3). The van der Waals surface area contributed by atoms with Gasteiger partial charge in [0, 0.05) is 28.7 Å². The molecule has 1 aromatic carbocycles. The van der Waals surface area contributed by atoms with Gasteiger partial charge in [-0.2, -0.15) is 15.0 Å². The summed E-state index contributed by atoms with van der Waals surface area (Å²) in [6, 6.07) is 5.56. The van der Waals surface area contributed by atoms with E-state index in [0.29, 0.717) is 23.0 Å². The fraction of sp³-hybridized carbons (Fsp3) is 0.409. The Balaban J connectivity index is 0.000000913. The number of hydrogen-bond donors (Lipinski definition) is 4. The second-order valence-corrected chi connectivity index (χ2v) is 9.05. The SMILES string of the molecule is CC1(C)CC(Nc2cnc(-c3ccc(-n4nccn4)cc3O)cn2)CC(C)(C)N1.O=CO. The third-order valence-corrected chi connectivity index (χ3v) is 5.10. The monoisotopic (exact) mass is 439 g/mol. The van der Waals surface area contributed by atoms with Crippen molar-refractivity contribution >= 4 is 12.3 Å². The highest BCUT2D eigenvalue weighted by Crippen LogP contribution is 2.31. The molecule has 1 aliphatic heterocycles. The molecule has 1 saturated heterocycles. The van der Waals surface area contributed by atoms with E-state index in [-0.39, 0.29) is 23.3 Å². The van der Waals surface area contributed by atoms with Crippen molar-refractivity contribution in [1.82, 2.24) is 30.3 Å². The quantitative estimate of drug-likeness (QED) is 0.452. The van der Waals surface area contributed by atoms with Gasteiger partial charge in [0.1, 0.15) is 11.6 Å². The van der Waals surface area contributed by atoms with Crippen LogP contribution in [0, 0.1) is 0 Å². The number of nitrogens with zero attached hydrogens (tertiary/aromatic N) is 5. The first-order valence-corrected chi connectivity index (χ1v) is 10.3. The highest BCUT2D eigenvalue weighted by molar-refractivity contribution is 5.68. The number of phenols is 1. The van der Waals surface area contributed by atoms with Crippen molar-refractivity contribution in [2.75, 3.05) is 5.32 Å². The van der Waals surface area contributed by atoms with Crippen LogP contribution in [0.4, 0.5) is 5.82 Å². The molecule has 2 aromatic heterocycles. The zero-order valence-corrected chi connectivity index (χ0v) is 18.6. The molecule has 4 N–H and O–H groups in total. The first-order chi connectivity index (χ1) is 15.1. The van der Waals surface area contributed by atoms with Crippen molar-refractivity contribution in [2.45, 2.75) is 57.7 Å². The Bertz CT molecular complexity index is 1020. The zero-order chi connectivity index (χ0) is 23.4. The molecule has 1 fully saturated rings. The van der Waals surface area contributed by atoms with E-state index in [1.54, 1.807) is 36.9 Å². The number of piperidine rings is 1. The number of carbonyl (C=O) groups is 1. The maximum Gasteiger partial charge on any atom is 0.290 e. The number of aromatic hydroxyl groups is 1. The summed E-state index contributed by atoms with van der Waals surface area (Å²) in [4.78, 5) is 18.8. The number of anilines is 1. The van der Waals surface area contributed by atoms with Crippen LogP contribution in [0.15, 0.2) is 43.0 Å². The molecule has 10 nitrogen and oxygen atoms in total. The first-order valence-electron chi connectivity index (χ1n) is 10.3. The van der Waals surface area contributed by atoms with E-state index < -0.39 is 0 Å². The Hall–Kier alpha value is -3.53. The average molecular weight is 440 g/mol. The first kappa shape index (κ1) is 23.1. The van der Waals surface area contributed by atoms with Crippen LogP contribution in [0.2, 0.25) is 0 Å². The Morgan fingerprint density at radius 1 is 1.09 bits per heavy atom. The lowest BCUT2D eigenvalue weighted by Gasteiger charge is -2.46. The van der Waals surface area contributed by atoms with E-state index in [0.717, 1.165) is 18.7 Å². The zero-order valence-electron chi connectivity index (χ0n) is 18.6. The lowest BCUT2D eigenvalue weighted by molar-refractivity contribution is -0.122. The molecule has 0 radical (unpaired) electrons. The molecule has 0 amide bonds. The van der Waals surface area contributed by atoms with Gasteiger partial charge in [-0.1, -0.05) is 0 Å². The van der Waals surface area contributed by atoms with Crippen molar-refractivity contribution < 1.29 is 15.0 Å². The lowest BCUT2D eigenvalue weighted by atomic mass is 9.79. The molecule has 0 atom stereocenters. The van der Waals surface area contributed by atoms with Crippen molar-refractivity contribution in [3.05, 3.63) is 43.0 Å². The molecule has 0 aliphatic carbocycles. The molecule has 0 unspecified atom stereocenters. The summed E-state index contributed by atoms with van der Waals surface area (Å²) in [7, 11) is 0. The van der Waals surface area contributed by atoms with Crippen LogP contribution in [0.5, 0.6) is 5.75 Å². The molecular formula is C22H29N7O3. The maximum atomic E-state index is 10.4. The Kier molecular flexibility index (Phi) is 6.73. The summed E-state index contributed by atoms with van der Waals surface area (Å²) in [6.07, 6.45) is 8.59. The minimum Gasteiger partial charge on any atom is -0.507 e. The Labute approximate surface area is 186 Å². The van der Waals surface area contributed by atoms with E-state index in [2.05, 4.69) is 58.5 Å². The highest BCUT2D eigenvalue weighted by Gasteiger charge is 2.37. The number of benzene rings is 1. The molecule has 0 bridgehead atoms. The second kappa shape index (κ2) is 9.31. The van der Waals surface area contributed by atoms with E-state index in [4.69, 9.17) is 9.90 Å². The van der Waals surface area contributed by atoms with Crippen LogP contribution >= 0.6 is 0 Å². The molecule has 4 rings (SSSR count). The minimum absolute atomic E-state index is 0.0593. The van der Waals surface area contributed by atoms with E-state index in [1.807, 2.05) is 6.07 Å². The van der Waals surface area contributed by atoms with Crippen molar-refractivity contribution in [3.8, 4) is 22.7 Å². The van der Waals surface area contributed by atoms with E-state index >= 15 is 0 Å². The number of carboxylic acid groups (broad SMARTS) is 1. The number of hydrogen-bond acceptors (Lipinski definition) is 8. The van der Waals surface area contributed by atoms with Gasteiger partial charge in [-0.05, 0) is 52.7 Å². The fourth-order valence-corrected chi connectivity index (χ4v) is 4.39.